The lowest BCUT2D eigenvalue weighted by molar-refractivity contribution is -0.127. The molecule has 0 bridgehead atoms. The summed E-state index contributed by atoms with van der Waals surface area (Å²) in [6.45, 7) is 2.01. The number of sulfonamides is 1. The van der Waals surface area contributed by atoms with E-state index in [1.807, 2.05) is 48.5 Å². The minimum absolute atomic E-state index is 0.107. The van der Waals surface area contributed by atoms with E-state index >= 15 is 0 Å². The largest absolute Gasteiger partial charge is 0.493 e. The molecule has 1 fully saturated rings. The van der Waals surface area contributed by atoms with Gasteiger partial charge in [-0.2, -0.15) is 4.31 Å². The number of hydrogen-bond acceptors (Lipinski definition) is 4. The van der Waals surface area contributed by atoms with Crippen molar-refractivity contribution >= 4 is 32.8 Å². The van der Waals surface area contributed by atoms with Crippen LogP contribution in [0.1, 0.15) is 11.1 Å². The number of amides is 1. The molecule has 32 heavy (non-hydrogen) atoms. The number of ether oxygens (including phenoxy) is 1. The summed E-state index contributed by atoms with van der Waals surface area (Å²) in [5.74, 6) is 0.807. The van der Waals surface area contributed by atoms with Gasteiger partial charge in [0.05, 0.1) is 11.5 Å². The van der Waals surface area contributed by atoms with Crippen molar-refractivity contribution < 1.29 is 17.9 Å². The van der Waals surface area contributed by atoms with E-state index in [4.69, 9.17) is 4.74 Å². The molecule has 1 amide bonds. The topological polar surface area (TPSA) is 66.9 Å². The molecule has 164 valence electrons. The summed E-state index contributed by atoms with van der Waals surface area (Å²) in [4.78, 5) is 14.6. The number of piperazine rings is 1. The molecule has 0 atom stereocenters. The van der Waals surface area contributed by atoms with Gasteiger partial charge in [0, 0.05) is 38.7 Å². The van der Waals surface area contributed by atoms with Gasteiger partial charge >= 0.3 is 0 Å². The lowest BCUT2D eigenvalue weighted by atomic mass is 10.1. The zero-order valence-electron chi connectivity index (χ0n) is 17.6. The maximum absolute atomic E-state index is 13.1. The maximum atomic E-state index is 13.1. The number of fused-ring (bicyclic) bond motifs is 2. The third-order valence-electron chi connectivity index (χ3n) is 6.04. The van der Waals surface area contributed by atoms with Gasteiger partial charge in [-0.25, -0.2) is 8.42 Å². The Morgan fingerprint density at radius 2 is 1.69 bits per heavy atom. The van der Waals surface area contributed by atoms with Gasteiger partial charge in [-0.15, -0.1) is 0 Å². The van der Waals surface area contributed by atoms with Crippen LogP contribution >= 0.6 is 0 Å². The zero-order valence-corrected chi connectivity index (χ0v) is 18.4. The molecule has 5 rings (SSSR count). The van der Waals surface area contributed by atoms with Crippen LogP contribution in [0.3, 0.4) is 0 Å². The summed E-state index contributed by atoms with van der Waals surface area (Å²) in [6, 6.07) is 18.8. The Morgan fingerprint density at radius 3 is 2.50 bits per heavy atom. The first-order valence-corrected chi connectivity index (χ1v) is 12.2. The second-order valence-corrected chi connectivity index (χ2v) is 9.98. The fourth-order valence-corrected chi connectivity index (χ4v) is 5.67. The summed E-state index contributed by atoms with van der Waals surface area (Å²) in [5.41, 5.74) is 2.12. The van der Waals surface area contributed by atoms with Crippen molar-refractivity contribution in [1.29, 1.82) is 0 Å². The Bertz CT molecular complexity index is 1310. The van der Waals surface area contributed by atoms with E-state index in [9.17, 15) is 13.2 Å². The predicted octanol–water partition coefficient (Wildman–Crippen LogP) is 3.32. The van der Waals surface area contributed by atoms with Crippen LogP contribution in [0.5, 0.6) is 5.75 Å². The Morgan fingerprint density at radius 1 is 0.906 bits per heavy atom. The van der Waals surface area contributed by atoms with Gasteiger partial charge in [-0.3, -0.25) is 4.79 Å². The van der Waals surface area contributed by atoms with E-state index in [1.54, 1.807) is 29.2 Å². The number of carbonyl (C=O) groups is 1. The van der Waals surface area contributed by atoms with Crippen LogP contribution in [0.2, 0.25) is 0 Å². The smallest absolute Gasteiger partial charge is 0.246 e. The Balaban J connectivity index is 1.23. The quantitative estimate of drug-likeness (QED) is 0.575. The third-order valence-corrected chi connectivity index (χ3v) is 7.94. The van der Waals surface area contributed by atoms with E-state index in [-0.39, 0.29) is 23.9 Å². The van der Waals surface area contributed by atoms with Crippen LogP contribution < -0.4 is 4.74 Å². The van der Waals surface area contributed by atoms with Crippen molar-refractivity contribution in [1.82, 2.24) is 9.21 Å². The van der Waals surface area contributed by atoms with Crippen LogP contribution in [-0.2, 0) is 21.2 Å². The molecule has 3 aromatic carbocycles. The van der Waals surface area contributed by atoms with Gasteiger partial charge < -0.3 is 9.64 Å². The highest BCUT2D eigenvalue weighted by Gasteiger charge is 2.29. The number of hydrogen-bond donors (Lipinski definition) is 0. The van der Waals surface area contributed by atoms with E-state index in [1.165, 1.54) is 4.31 Å². The molecule has 0 unspecified atom stereocenters. The molecule has 0 spiro atoms. The first-order chi connectivity index (χ1) is 15.5. The minimum Gasteiger partial charge on any atom is -0.493 e. The van der Waals surface area contributed by atoms with E-state index in [2.05, 4.69) is 0 Å². The first kappa shape index (κ1) is 20.7. The van der Waals surface area contributed by atoms with Crippen LogP contribution in [0, 0.1) is 0 Å². The Hall–Kier alpha value is -3.16. The lowest BCUT2D eigenvalue weighted by Crippen LogP contribution is -2.50. The SMILES string of the molecule is O=C(C=Cc1ccc2c(c1)CCO2)N1CCN(S(=O)(=O)c2ccc3ccccc3c2)CC1. The van der Waals surface area contributed by atoms with E-state index < -0.39 is 10.0 Å². The molecule has 0 radical (unpaired) electrons. The standard InChI is InChI=1S/C25H24N2O4S/c28-25(10-6-19-5-9-24-22(17-19)11-16-31-24)26-12-14-27(15-13-26)32(29,30)23-8-7-20-3-1-2-4-21(20)18-23/h1-10,17-18H,11-16H2. The van der Waals surface area contributed by atoms with Crippen LogP contribution in [0.25, 0.3) is 16.8 Å². The molecule has 0 saturated carbocycles. The molecule has 2 heterocycles. The van der Waals surface area contributed by atoms with Crippen molar-refractivity contribution in [2.75, 3.05) is 32.8 Å². The van der Waals surface area contributed by atoms with Gasteiger partial charge in [-0.1, -0.05) is 36.4 Å². The van der Waals surface area contributed by atoms with Crippen molar-refractivity contribution in [3.05, 3.63) is 77.9 Å². The molecule has 0 aromatic heterocycles. The maximum Gasteiger partial charge on any atom is 0.246 e. The molecular formula is C25H24N2O4S. The molecule has 1 saturated heterocycles. The fraction of sp³-hybridized carbons (Fsp3) is 0.240. The van der Waals surface area contributed by atoms with Gasteiger partial charge in [0.2, 0.25) is 15.9 Å². The second kappa shape index (κ2) is 8.41. The molecule has 0 N–H and O–H groups in total. The fourth-order valence-electron chi connectivity index (χ4n) is 4.21. The molecule has 3 aromatic rings. The van der Waals surface area contributed by atoms with Gasteiger partial charge in [0.25, 0.3) is 0 Å². The van der Waals surface area contributed by atoms with Gasteiger partial charge in [-0.05, 0) is 52.2 Å². The second-order valence-electron chi connectivity index (χ2n) is 8.04. The zero-order chi connectivity index (χ0) is 22.1. The van der Waals surface area contributed by atoms with Crippen molar-refractivity contribution in [3.8, 4) is 5.75 Å². The third kappa shape index (κ3) is 4.01. The molecule has 0 aliphatic carbocycles. The van der Waals surface area contributed by atoms with Crippen LogP contribution in [0.4, 0.5) is 0 Å². The van der Waals surface area contributed by atoms with Gasteiger partial charge in [0.15, 0.2) is 0 Å². The highest BCUT2D eigenvalue weighted by Crippen LogP contribution is 2.26. The monoisotopic (exact) mass is 448 g/mol. The van der Waals surface area contributed by atoms with Crippen LogP contribution in [0.15, 0.2) is 71.6 Å². The predicted molar refractivity (Wildman–Crippen MR) is 124 cm³/mol. The average Bonchev–Trinajstić information content (AvgIpc) is 3.30. The molecule has 2 aliphatic rings. The summed E-state index contributed by atoms with van der Waals surface area (Å²) in [7, 11) is -3.60. The normalized spacial score (nSPS) is 16.9. The number of nitrogens with zero attached hydrogens (tertiary/aromatic N) is 2. The molecule has 2 aliphatic heterocycles. The number of benzene rings is 3. The van der Waals surface area contributed by atoms with Crippen molar-refractivity contribution in [2.45, 2.75) is 11.3 Å². The summed E-state index contributed by atoms with van der Waals surface area (Å²) in [5, 5.41) is 1.90. The van der Waals surface area contributed by atoms with Gasteiger partial charge in [0.1, 0.15) is 5.75 Å². The van der Waals surface area contributed by atoms with E-state index in [0.717, 1.165) is 34.1 Å². The minimum atomic E-state index is -3.60. The number of rotatable bonds is 4. The number of carbonyl (C=O) groups excluding carboxylic acids is 1. The Kier molecular flexibility index (Phi) is 5.45. The highest BCUT2D eigenvalue weighted by atomic mass is 32.2. The molecule has 6 nitrogen and oxygen atoms in total. The van der Waals surface area contributed by atoms with Crippen LogP contribution in [-0.4, -0.2) is 56.3 Å². The average molecular weight is 449 g/mol. The summed E-state index contributed by atoms with van der Waals surface area (Å²) >= 11 is 0. The first-order valence-electron chi connectivity index (χ1n) is 10.7. The Labute approximate surface area is 187 Å². The van der Waals surface area contributed by atoms with Crippen molar-refractivity contribution in [3.63, 3.8) is 0 Å². The summed E-state index contributed by atoms with van der Waals surface area (Å²) < 4.78 is 33.2. The van der Waals surface area contributed by atoms with Crippen molar-refractivity contribution in [2.24, 2.45) is 0 Å². The molecular weight excluding hydrogens is 424 g/mol. The molecule has 7 heteroatoms. The lowest BCUT2D eigenvalue weighted by Gasteiger charge is -2.33. The summed E-state index contributed by atoms with van der Waals surface area (Å²) in [6.07, 6.45) is 4.25. The van der Waals surface area contributed by atoms with E-state index in [0.29, 0.717) is 19.7 Å². The highest BCUT2D eigenvalue weighted by molar-refractivity contribution is 7.89.